The van der Waals surface area contributed by atoms with E-state index >= 15 is 0 Å². The van der Waals surface area contributed by atoms with E-state index in [2.05, 4.69) is 58.6 Å². The lowest BCUT2D eigenvalue weighted by Gasteiger charge is -2.18. The summed E-state index contributed by atoms with van der Waals surface area (Å²) in [5.41, 5.74) is 3.54. The Morgan fingerprint density at radius 3 is 2.32 bits per heavy atom. The summed E-state index contributed by atoms with van der Waals surface area (Å²) in [4.78, 5) is 31.2. The topological polar surface area (TPSA) is 74.3 Å². The van der Waals surface area contributed by atoms with Crippen LogP contribution >= 0.6 is 11.3 Å². The lowest BCUT2D eigenvalue weighted by atomic mass is 10.1. The molecule has 0 bridgehead atoms. The van der Waals surface area contributed by atoms with Crippen molar-refractivity contribution in [2.24, 2.45) is 0 Å². The van der Waals surface area contributed by atoms with Crippen LogP contribution in [0.4, 0.5) is 5.13 Å². The molecule has 0 unspecified atom stereocenters. The van der Waals surface area contributed by atoms with Crippen LogP contribution in [0.3, 0.4) is 0 Å². The molecule has 3 rings (SSSR count). The molecule has 0 aliphatic rings. The van der Waals surface area contributed by atoms with Crippen LogP contribution in [0.2, 0.25) is 0 Å². The minimum Gasteiger partial charge on any atom is -0.352 e. The number of aromatic nitrogens is 1. The maximum Gasteiger partial charge on any atom is 0.257 e. The molecule has 2 aromatic carbocycles. The molecule has 162 valence electrons. The molecule has 0 atom stereocenters. The molecule has 2 N–H and O–H groups in total. The Labute approximate surface area is 187 Å². The van der Waals surface area contributed by atoms with Crippen molar-refractivity contribution in [3.05, 3.63) is 82.4 Å². The molecule has 2 amide bonds. The third kappa shape index (κ3) is 7.01. The summed E-state index contributed by atoms with van der Waals surface area (Å²) >= 11 is 1.31. The number of carbonyl (C=O) groups is 2. The highest BCUT2D eigenvalue weighted by molar-refractivity contribution is 7.14. The molecule has 0 radical (unpaired) electrons. The van der Waals surface area contributed by atoms with Crippen LogP contribution in [-0.4, -0.2) is 34.8 Å². The first-order chi connectivity index (χ1) is 15.1. The summed E-state index contributed by atoms with van der Waals surface area (Å²) in [6, 6.07) is 17.3. The second kappa shape index (κ2) is 11.4. The first-order valence-electron chi connectivity index (χ1n) is 10.4. The largest absolute Gasteiger partial charge is 0.352 e. The molecular weight excluding hydrogens is 408 g/mol. The van der Waals surface area contributed by atoms with Gasteiger partial charge in [-0.2, -0.15) is 0 Å². The average molecular weight is 437 g/mol. The van der Waals surface area contributed by atoms with Gasteiger partial charge in [0, 0.05) is 24.0 Å². The SMILES string of the molecule is CCN(CC)Cc1ccc(CNC(=O)Cc2csc(NC(=O)c3ccccc3)n2)cc1. The van der Waals surface area contributed by atoms with Crippen molar-refractivity contribution in [3.63, 3.8) is 0 Å². The van der Waals surface area contributed by atoms with Crippen molar-refractivity contribution < 1.29 is 9.59 Å². The molecule has 0 fully saturated rings. The molecule has 0 saturated carbocycles. The maximum atomic E-state index is 12.3. The summed E-state index contributed by atoms with van der Waals surface area (Å²) < 4.78 is 0. The van der Waals surface area contributed by atoms with Crippen molar-refractivity contribution in [2.75, 3.05) is 18.4 Å². The number of hydrogen-bond acceptors (Lipinski definition) is 5. The van der Waals surface area contributed by atoms with Crippen LogP contribution < -0.4 is 10.6 Å². The van der Waals surface area contributed by atoms with Gasteiger partial charge in [-0.15, -0.1) is 11.3 Å². The van der Waals surface area contributed by atoms with Gasteiger partial charge in [-0.1, -0.05) is 56.3 Å². The number of hydrogen-bond donors (Lipinski definition) is 2. The summed E-state index contributed by atoms with van der Waals surface area (Å²) in [6.07, 6.45) is 0.178. The number of rotatable bonds is 10. The molecule has 1 heterocycles. The average Bonchev–Trinajstić information content (AvgIpc) is 3.23. The first kappa shape index (κ1) is 22.7. The lowest BCUT2D eigenvalue weighted by Crippen LogP contribution is -2.25. The highest BCUT2D eigenvalue weighted by atomic mass is 32.1. The Balaban J connectivity index is 1.45. The van der Waals surface area contributed by atoms with E-state index in [1.165, 1.54) is 16.9 Å². The van der Waals surface area contributed by atoms with Crippen LogP contribution in [0.25, 0.3) is 0 Å². The number of nitrogens with one attached hydrogen (secondary N) is 2. The van der Waals surface area contributed by atoms with Crippen molar-refractivity contribution in [2.45, 2.75) is 33.4 Å². The van der Waals surface area contributed by atoms with E-state index in [9.17, 15) is 9.59 Å². The third-order valence-electron chi connectivity index (χ3n) is 4.96. The molecule has 0 aliphatic carbocycles. The van der Waals surface area contributed by atoms with Gasteiger partial charge in [-0.05, 0) is 36.3 Å². The third-order valence-corrected chi connectivity index (χ3v) is 5.77. The Morgan fingerprint density at radius 1 is 0.968 bits per heavy atom. The predicted molar refractivity (Wildman–Crippen MR) is 125 cm³/mol. The highest BCUT2D eigenvalue weighted by Gasteiger charge is 2.11. The number of nitrogens with zero attached hydrogens (tertiary/aromatic N) is 2. The Bertz CT molecular complexity index is 982. The van der Waals surface area contributed by atoms with Gasteiger partial charge in [0.2, 0.25) is 5.91 Å². The Kier molecular flexibility index (Phi) is 8.32. The number of carbonyl (C=O) groups excluding carboxylic acids is 2. The van der Waals surface area contributed by atoms with Gasteiger partial charge < -0.3 is 5.32 Å². The van der Waals surface area contributed by atoms with E-state index in [-0.39, 0.29) is 18.2 Å². The van der Waals surface area contributed by atoms with Crippen LogP contribution in [-0.2, 0) is 24.3 Å². The van der Waals surface area contributed by atoms with Crippen LogP contribution in [0.5, 0.6) is 0 Å². The summed E-state index contributed by atoms with van der Waals surface area (Å²) in [5, 5.41) is 7.98. The number of thiazole rings is 1. The van der Waals surface area contributed by atoms with Gasteiger partial charge in [-0.25, -0.2) is 4.98 Å². The second-order valence-electron chi connectivity index (χ2n) is 7.20. The van der Waals surface area contributed by atoms with Gasteiger partial charge in [0.05, 0.1) is 12.1 Å². The molecule has 1 aromatic heterocycles. The van der Waals surface area contributed by atoms with Gasteiger partial charge in [0.25, 0.3) is 5.91 Å². The van der Waals surface area contributed by atoms with Gasteiger partial charge >= 0.3 is 0 Å². The van der Waals surface area contributed by atoms with E-state index in [1.807, 2.05) is 18.2 Å². The standard InChI is InChI=1S/C24H28N4O2S/c1-3-28(4-2)16-19-12-10-18(11-13-19)15-25-22(29)14-21-17-31-24(26-21)27-23(30)20-8-6-5-7-9-20/h5-13,17H,3-4,14-16H2,1-2H3,(H,25,29)(H,26,27,30). The van der Waals surface area contributed by atoms with Crippen molar-refractivity contribution in [3.8, 4) is 0 Å². The fourth-order valence-electron chi connectivity index (χ4n) is 3.10. The minimum atomic E-state index is -0.213. The molecule has 7 heteroatoms. The number of anilines is 1. The van der Waals surface area contributed by atoms with Crippen molar-refractivity contribution in [1.82, 2.24) is 15.2 Å². The van der Waals surface area contributed by atoms with Crippen molar-refractivity contribution in [1.29, 1.82) is 0 Å². The fraction of sp³-hybridized carbons (Fsp3) is 0.292. The van der Waals surface area contributed by atoms with E-state index in [0.29, 0.717) is 22.9 Å². The molecule has 6 nitrogen and oxygen atoms in total. The smallest absolute Gasteiger partial charge is 0.257 e. The zero-order valence-corrected chi connectivity index (χ0v) is 18.7. The zero-order valence-electron chi connectivity index (χ0n) is 17.9. The summed E-state index contributed by atoms with van der Waals surface area (Å²) in [7, 11) is 0. The van der Waals surface area contributed by atoms with E-state index in [4.69, 9.17) is 0 Å². The van der Waals surface area contributed by atoms with E-state index < -0.39 is 0 Å². The zero-order chi connectivity index (χ0) is 22.1. The summed E-state index contributed by atoms with van der Waals surface area (Å²) in [6.45, 7) is 7.80. The number of amides is 2. The number of benzene rings is 2. The maximum absolute atomic E-state index is 12.3. The summed E-state index contributed by atoms with van der Waals surface area (Å²) in [5.74, 6) is -0.311. The molecule has 0 aliphatic heterocycles. The van der Waals surface area contributed by atoms with Gasteiger partial charge in [0.15, 0.2) is 5.13 Å². The highest BCUT2D eigenvalue weighted by Crippen LogP contribution is 2.17. The van der Waals surface area contributed by atoms with Crippen molar-refractivity contribution >= 4 is 28.3 Å². The molecule has 31 heavy (non-hydrogen) atoms. The van der Waals surface area contributed by atoms with Crippen LogP contribution in [0.1, 0.15) is 41.0 Å². The molecule has 0 spiro atoms. The quantitative estimate of drug-likeness (QED) is 0.502. The van der Waals surface area contributed by atoms with Crippen LogP contribution in [0, 0.1) is 0 Å². The molecule has 3 aromatic rings. The van der Waals surface area contributed by atoms with Gasteiger partial charge in [-0.3, -0.25) is 19.8 Å². The normalized spacial score (nSPS) is 10.8. The van der Waals surface area contributed by atoms with E-state index in [1.54, 1.807) is 17.5 Å². The minimum absolute atomic E-state index is 0.0987. The van der Waals surface area contributed by atoms with E-state index in [0.717, 1.165) is 25.2 Å². The molecular formula is C24H28N4O2S. The Morgan fingerprint density at radius 2 is 1.65 bits per heavy atom. The van der Waals surface area contributed by atoms with Gasteiger partial charge in [0.1, 0.15) is 0 Å². The first-order valence-corrected chi connectivity index (χ1v) is 11.3. The monoisotopic (exact) mass is 436 g/mol. The Hall–Kier alpha value is -3.03. The fourth-order valence-corrected chi connectivity index (χ4v) is 3.81. The second-order valence-corrected chi connectivity index (χ2v) is 8.05. The predicted octanol–water partition coefficient (Wildman–Crippen LogP) is 4.10. The van der Waals surface area contributed by atoms with Crippen LogP contribution in [0.15, 0.2) is 60.0 Å². The lowest BCUT2D eigenvalue weighted by molar-refractivity contribution is -0.120. The molecule has 0 saturated heterocycles.